The number of aromatic nitrogens is 3. The Bertz CT molecular complexity index is 575. The van der Waals surface area contributed by atoms with Crippen molar-refractivity contribution in [2.24, 2.45) is 0 Å². The Labute approximate surface area is 105 Å². The van der Waals surface area contributed by atoms with E-state index < -0.39 is 5.97 Å². The second-order valence-electron chi connectivity index (χ2n) is 4.05. The minimum Gasteiger partial charge on any atom is -0.460 e. The summed E-state index contributed by atoms with van der Waals surface area (Å²) in [7, 11) is 0. The molecule has 0 atom stereocenters. The predicted octanol–water partition coefficient (Wildman–Crippen LogP) is 2.27. The van der Waals surface area contributed by atoms with E-state index in [0.717, 1.165) is 16.7 Å². The molecule has 18 heavy (non-hydrogen) atoms. The Balaban J connectivity index is 2.35. The number of rotatable bonds is 3. The van der Waals surface area contributed by atoms with Gasteiger partial charge in [-0.1, -0.05) is 17.7 Å². The molecule has 0 aliphatic rings. The summed E-state index contributed by atoms with van der Waals surface area (Å²) in [6.07, 6.45) is 0. The molecule has 2 aromatic rings. The van der Waals surface area contributed by atoms with Crippen LogP contribution in [0.15, 0.2) is 18.2 Å². The maximum Gasteiger partial charge on any atom is 0.375 e. The number of aryl methyl sites for hydroxylation is 2. The van der Waals surface area contributed by atoms with Gasteiger partial charge in [-0.3, -0.25) is 5.10 Å². The molecule has 2 rings (SSSR count). The van der Waals surface area contributed by atoms with Crippen molar-refractivity contribution in [3.8, 4) is 11.4 Å². The molecule has 0 fully saturated rings. The van der Waals surface area contributed by atoms with E-state index in [1.54, 1.807) is 6.92 Å². The van der Waals surface area contributed by atoms with E-state index in [1.807, 2.05) is 32.0 Å². The summed E-state index contributed by atoms with van der Waals surface area (Å²) < 4.78 is 4.86. The zero-order chi connectivity index (χ0) is 13.1. The fraction of sp³-hybridized carbons (Fsp3) is 0.308. The first-order valence-corrected chi connectivity index (χ1v) is 5.79. The van der Waals surface area contributed by atoms with Crippen LogP contribution in [0, 0.1) is 13.8 Å². The summed E-state index contributed by atoms with van der Waals surface area (Å²) >= 11 is 0. The Hall–Kier alpha value is -2.17. The highest BCUT2D eigenvalue weighted by molar-refractivity contribution is 5.85. The lowest BCUT2D eigenvalue weighted by Crippen LogP contribution is -2.06. The van der Waals surface area contributed by atoms with Crippen LogP contribution >= 0.6 is 0 Å². The summed E-state index contributed by atoms with van der Waals surface area (Å²) in [6, 6.07) is 6.02. The van der Waals surface area contributed by atoms with Crippen molar-refractivity contribution in [2.45, 2.75) is 20.8 Å². The van der Waals surface area contributed by atoms with Crippen molar-refractivity contribution >= 4 is 5.97 Å². The number of carbonyl (C=O) groups is 1. The number of ether oxygens (including phenoxy) is 1. The molecule has 0 aliphatic heterocycles. The van der Waals surface area contributed by atoms with Crippen molar-refractivity contribution in [3.05, 3.63) is 35.2 Å². The van der Waals surface area contributed by atoms with E-state index in [4.69, 9.17) is 4.74 Å². The molecule has 94 valence electrons. The molecule has 5 nitrogen and oxygen atoms in total. The molecule has 0 unspecified atom stereocenters. The van der Waals surface area contributed by atoms with Gasteiger partial charge in [0.25, 0.3) is 0 Å². The second-order valence-corrected chi connectivity index (χ2v) is 4.05. The number of hydrogen-bond acceptors (Lipinski definition) is 4. The van der Waals surface area contributed by atoms with Crippen LogP contribution in [0.25, 0.3) is 11.4 Å². The summed E-state index contributed by atoms with van der Waals surface area (Å²) in [5.74, 6) is 0.161. The molecule has 0 aliphatic carbocycles. The lowest BCUT2D eigenvalue weighted by molar-refractivity contribution is 0.0512. The van der Waals surface area contributed by atoms with Crippen LogP contribution in [0.4, 0.5) is 0 Å². The van der Waals surface area contributed by atoms with Crippen LogP contribution < -0.4 is 0 Å². The molecule has 0 bridgehead atoms. The topological polar surface area (TPSA) is 67.9 Å². The van der Waals surface area contributed by atoms with Crippen LogP contribution in [0.5, 0.6) is 0 Å². The molecule has 0 amide bonds. The molecule has 1 heterocycles. The predicted molar refractivity (Wildman–Crippen MR) is 67.2 cm³/mol. The average Bonchev–Trinajstić information content (AvgIpc) is 2.82. The molecular weight excluding hydrogens is 230 g/mol. The van der Waals surface area contributed by atoms with Gasteiger partial charge in [0, 0.05) is 5.56 Å². The number of H-pyrrole nitrogens is 1. The van der Waals surface area contributed by atoms with Crippen LogP contribution in [0.2, 0.25) is 0 Å². The third-order valence-electron chi connectivity index (χ3n) is 2.59. The van der Waals surface area contributed by atoms with Crippen molar-refractivity contribution in [3.63, 3.8) is 0 Å². The SMILES string of the molecule is CCOC(=O)c1nc(-c2cc(C)ccc2C)n[nH]1. The van der Waals surface area contributed by atoms with Gasteiger partial charge in [0.05, 0.1) is 6.61 Å². The molecule has 0 saturated heterocycles. The van der Waals surface area contributed by atoms with E-state index in [2.05, 4.69) is 15.2 Å². The van der Waals surface area contributed by atoms with E-state index in [9.17, 15) is 4.79 Å². The third kappa shape index (κ3) is 2.40. The maximum absolute atomic E-state index is 11.5. The minimum absolute atomic E-state index is 0.132. The van der Waals surface area contributed by atoms with Gasteiger partial charge in [-0.15, -0.1) is 0 Å². The minimum atomic E-state index is -0.485. The van der Waals surface area contributed by atoms with Gasteiger partial charge >= 0.3 is 5.97 Å². The van der Waals surface area contributed by atoms with Gasteiger partial charge in [0.15, 0.2) is 5.82 Å². The lowest BCUT2D eigenvalue weighted by Gasteiger charge is -2.02. The van der Waals surface area contributed by atoms with Gasteiger partial charge in [-0.25, -0.2) is 9.78 Å². The van der Waals surface area contributed by atoms with Gasteiger partial charge in [-0.2, -0.15) is 5.10 Å². The van der Waals surface area contributed by atoms with Crippen LogP contribution in [0.1, 0.15) is 28.7 Å². The molecule has 0 spiro atoms. The molecule has 5 heteroatoms. The number of nitrogens with one attached hydrogen (secondary N) is 1. The summed E-state index contributed by atoms with van der Waals surface area (Å²) in [6.45, 7) is 6.05. The quantitative estimate of drug-likeness (QED) is 0.842. The van der Waals surface area contributed by atoms with Crippen LogP contribution in [-0.4, -0.2) is 27.8 Å². The normalized spacial score (nSPS) is 10.4. The second kappa shape index (κ2) is 5.00. The fourth-order valence-electron chi connectivity index (χ4n) is 1.65. The zero-order valence-electron chi connectivity index (χ0n) is 10.7. The summed E-state index contributed by atoms with van der Waals surface area (Å²) in [5.41, 5.74) is 3.11. The van der Waals surface area contributed by atoms with Gasteiger partial charge < -0.3 is 4.74 Å². The standard InChI is InChI=1S/C13H15N3O2/c1-4-18-13(17)12-14-11(15-16-12)10-7-8(2)5-6-9(10)3/h5-7H,4H2,1-3H3,(H,14,15,16). The van der Waals surface area contributed by atoms with Crippen molar-refractivity contribution in [1.82, 2.24) is 15.2 Å². The number of carbonyl (C=O) groups excluding carboxylic acids is 1. The maximum atomic E-state index is 11.5. The highest BCUT2D eigenvalue weighted by Gasteiger charge is 2.14. The fourth-order valence-corrected chi connectivity index (χ4v) is 1.65. The van der Waals surface area contributed by atoms with E-state index in [1.165, 1.54) is 0 Å². The molecular formula is C13H15N3O2. The van der Waals surface area contributed by atoms with Crippen LogP contribution in [-0.2, 0) is 4.74 Å². The van der Waals surface area contributed by atoms with E-state index >= 15 is 0 Å². The molecule has 0 radical (unpaired) electrons. The van der Waals surface area contributed by atoms with Crippen molar-refractivity contribution < 1.29 is 9.53 Å². The first-order chi connectivity index (χ1) is 8.61. The Morgan fingerprint density at radius 3 is 2.89 bits per heavy atom. The zero-order valence-corrected chi connectivity index (χ0v) is 10.7. The Morgan fingerprint density at radius 2 is 2.17 bits per heavy atom. The lowest BCUT2D eigenvalue weighted by atomic mass is 10.1. The summed E-state index contributed by atoms with van der Waals surface area (Å²) in [4.78, 5) is 15.6. The monoisotopic (exact) mass is 245 g/mol. The van der Waals surface area contributed by atoms with E-state index in [0.29, 0.717) is 12.4 Å². The van der Waals surface area contributed by atoms with E-state index in [-0.39, 0.29) is 5.82 Å². The number of nitrogens with zero attached hydrogens (tertiary/aromatic N) is 2. The Kier molecular flexibility index (Phi) is 3.41. The Morgan fingerprint density at radius 1 is 1.39 bits per heavy atom. The molecule has 1 aromatic heterocycles. The summed E-state index contributed by atoms with van der Waals surface area (Å²) in [5, 5.41) is 6.65. The number of aromatic amines is 1. The largest absolute Gasteiger partial charge is 0.460 e. The first kappa shape index (κ1) is 12.3. The van der Waals surface area contributed by atoms with Gasteiger partial charge in [0.1, 0.15) is 0 Å². The molecule has 0 saturated carbocycles. The number of benzene rings is 1. The third-order valence-corrected chi connectivity index (χ3v) is 2.59. The smallest absolute Gasteiger partial charge is 0.375 e. The van der Waals surface area contributed by atoms with Gasteiger partial charge in [0.2, 0.25) is 5.82 Å². The molecule has 1 aromatic carbocycles. The van der Waals surface area contributed by atoms with Crippen molar-refractivity contribution in [1.29, 1.82) is 0 Å². The number of esters is 1. The van der Waals surface area contributed by atoms with Crippen LogP contribution in [0.3, 0.4) is 0 Å². The van der Waals surface area contributed by atoms with Crippen molar-refractivity contribution in [2.75, 3.05) is 6.61 Å². The first-order valence-electron chi connectivity index (χ1n) is 5.79. The van der Waals surface area contributed by atoms with Gasteiger partial charge in [-0.05, 0) is 32.4 Å². The average molecular weight is 245 g/mol. The molecule has 1 N–H and O–H groups in total. The number of hydrogen-bond donors (Lipinski definition) is 1. The highest BCUT2D eigenvalue weighted by Crippen LogP contribution is 2.21. The highest BCUT2D eigenvalue weighted by atomic mass is 16.5.